The van der Waals surface area contributed by atoms with Gasteiger partial charge in [-0.15, -0.1) is 22.7 Å². The maximum absolute atomic E-state index is 12.3. The van der Waals surface area contributed by atoms with Crippen molar-refractivity contribution in [2.24, 2.45) is 0 Å². The molecule has 9 heteroatoms. The Labute approximate surface area is 153 Å². The first-order valence-corrected chi connectivity index (χ1v) is 9.29. The number of carbonyl (C=O) groups excluding carboxylic acids is 3. The van der Waals surface area contributed by atoms with Gasteiger partial charge in [-0.25, -0.2) is 14.6 Å². The largest absolute Gasteiger partial charge is 0.462 e. The maximum Gasteiger partial charge on any atom is 0.348 e. The number of aromatic nitrogens is 1. The molecule has 0 spiro atoms. The van der Waals surface area contributed by atoms with Gasteiger partial charge in [0.1, 0.15) is 15.6 Å². The van der Waals surface area contributed by atoms with Crippen LogP contribution in [0.15, 0.2) is 5.38 Å². The van der Waals surface area contributed by atoms with Gasteiger partial charge < -0.3 is 14.8 Å². The molecule has 0 fully saturated rings. The molecule has 25 heavy (non-hydrogen) atoms. The SMILES string of the molecule is CCOC(=O)c1sc(NC(=O)c2csc(C)n2)c(C(=O)OCC)c1C. The molecule has 2 aromatic heterocycles. The quantitative estimate of drug-likeness (QED) is 0.769. The summed E-state index contributed by atoms with van der Waals surface area (Å²) in [6.07, 6.45) is 0. The van der Waals surface area contributed by atoms with E-state index in [4.69, 9.17) is 9.47 Å². The van der Waals surface area contributed by atoms with Crippen LogP contribution in [-0.2, 0) is 9.47 Å². The Bertz CT molecular complexity index is 810. The summed E-state index contributed by atoms with van der Waals surface area (Å²) in [6.45, 7) is 7.19. The minimum atomic E-state index is -0.600. The third-order valence-electron chi connectivity index (χ3n) is 3.17. The first-order valence-electron chi connectivity index (χ1n) is 7.60. The van der Waals surface area contributed by atoms with Crippen LogP contribution in [0.25, 0.3) is 0 Å². The number of ether oxygens (including phenoxy) is 2. The summed E-state index contributed by atoms with van der Waals surface area (Å²) >= 11 is 2.33. The van der Waals surface area contributed by atoms with Crippen LogP contribution >= 0.6 is 22.7 Å². The number of hydrogen-bond acceptors (Lipinski definition) is 8. The van der Waals surface area contributed by atoms with Gasteiger partial charge in [0.2, 0.25) is 0 Å². The molecule has 7 nitrogen and oxygen atoms in total. The van der Waals surface area contributed by atoms with E-state index in [-0.39, 0.29) is 34.3 Å². The Balaban J connectivity index is 2.40. The van der Waals surface area contributed by atoms with Crippen molar-refractivity contribution in [2.75, 3.05) is 18.5 Å². The fourth-order valence-electron chi connectivity index (χ4n) is 2.08. The summed E-state index contributed by atoms with van der Waals surface area (Å²) in [4.78, 5) is 41.1. The average Bonchev–Trinajstić information content (AvgIpc) is 3.12. The number of thiophene rings is 1. The molecule has 0 bridgehead atoms. The van der Waals surface area contributed by atoms with Crippen molar-refractivity contribution in [1.29, 1.82) is 0 Å². The van der Waals surface area contributed by atoms with Gasteiger partial charge in [0, 0.05) is 5.38 Å². The minimum Gasteiger partial charge on any atom is -0.462 e. The van der Waals surface area contributed by atoms with Crippen molar-refractivity contribution in [3.05, 3.63) is 32.1 Å². The second-order valence-electron chi connectivity index (χ2n) is 4.91. The summed E-state index contributed by atoms with van der Waals surface area (Å²) in [5.41, 5.74) is 0.836. The first-order chi connectivity index (χ1) is 11.9. The number of anilines is 1. The molecule has 2 heterocycles. The summed E-state index contributed by atoms with van der Waals surface area (Å²) in [5, 5.41) is 5.28. The van der Waals surface area contributed by atoms with E-state index in [1.165, 1.54) is 11.3 Å². The second-order valence-corrected chi connectivity index (χ2v) is 6.99. The zero-order chi connectivity index (χ0) is 18.6. The highest BCUT2D eigenvalue weighted by Crippen LogP contribution is 2.34. The molecule has 0 aliphatic rings. The third kappa shape index (κ3) is 4.23. The standard InChI is InChI=1S/C16H18N2O5S2/c1-5-22-15(20)11-8(3)12(16(21)23-6-2)25-14(11)18-13(19)10-7-24-9(4)17-10/h7H,5-6H2,1-4H3,(H,18,19). The van der Waals surface area contributed by atoms with Crippen LogP contribution < -0.4 is 5.32 Å². The molecular formula is C16H18N2O5S2. The smallest absolute Gasteiger partial charge is 0.348 e. The van der Waals surface area contributed by atoms with E-state index in [9.17, 15) is 14.4 Å². The molecule has 1 amide bonds. The lowest BCUT2D eigenvalue weighted by molar-refractivity contribution is 0.0527. The molecule has 0 atom stereocenters. The molecule has 0 radical (unpaired) electrons. The lowest BCUT2D eigenvalue weighted by Crippen LogP contribution is -2.15. The van der Waals surface area contributed by atoms with Gasteiger partial charge in [-0.2, -0.15) is 0 Å². The van der Waals surface area contributed by atoms with Gasteiger partial charge in [-0.1, -0.05) is 0 Å². The van der Waals surface area contributed by atoms with Crippen LogP contribution in [0, 0.1) is 13.8 Å². The molecule has 2 aromatic rings. The molecular weight excluding hydrogens is 364 g/mol. The molecule has 1 N–H and O–H groups in total. The number of amides is 1. The van der Waals surface area contributed by atoms with Gasteiger partial charge in [0.25, 0.3) is 5.91 Å². The Hall–Kier alpha value is -2.26. The van der Waals surface area contributed by atoms with E-state index in [1.54, 1.807) is 33.1 Å². The topological polar surface area (TPSA) is 94.6 Å². The molecule has 0 saturated heterocycles. The van der Waals surface area contributed by atoms with Crippen LogP contribution in [0.2, 0.25) is 0 Å². The minimum absolute atomic E-state index is 0.162. The van der Waals surface area contributed by atoms with Crippen LogP contribution in [0.3, 0.4) is 0 Å². The van der Waals surface area contributed by atoms with Crippen LogP contribution in [0.1, 0.15) is 54.9 Å². The van der Waals surface area contributed by atoms with Crippen molar-refractivity contribution >= 4 is 45.5 Å². The predicted molar refractivity (Wildman–Crippen MR) is 95.8 cm³/mol. The average molecular weight is 382 g/mol. The molecule has 2 rings (SSSR count). The van der Waals surface area contributed by atoms with Crippen molar-refractivity contribution in [2.45, 2.75) is 27.7 Å². The van der Waals surface area contributed by atoms with Crippen molar-refractivity contribution < 1.29 is 23.9 Å². The van der Waals surface area contributed by atoms with E-state index in [1.807, 2.05) is 0 Å². The summed E-state index contributed by atoms with van der Waals surface area (Å²) in [6, 6.07) is 0. The Morgan fingerprint density at radius 3 is 2.32 bits per heavy atom. The van der Waals surface area contributed by atoms with Gasteiger partial charge >= 0.3 is 11.9 Å². The van der Waals surface area contributed by atoms with Crippen molar-refractivity contribution in [1.82, 2.24) is 4.98 Å². The lowest BCUT2D eigenvalue weighted by atomic mass is 10.1. The van der Waals surface area contributed by atoms with E-state index in [0.29, 0.717) is 5.56 Å². The van der Waals surface area contributed by atoms with Gasteiger partial charge in [-0.3, -0.25) is 4.79 Å². The van der Waals surface area contributed by atoms with Crippen LogP contribution in [0.5, 0.6) is 0 Å². The zero-order valence-corrected chi connectivity index (χ0v) is 15.9. The molecule has 0 aliphatic carbocycles. The molecule has 0 saturated carbocycles. The number of thiazole rings is 1. The van der Waals surface area contributed by atoms with Gasteiger partial charge in [0.05, 0.1) is 23.8 Å². The highest BCUT2D eigenvalue weighted by atomic mass is 32.1. The first kappa shape index (κ1) is 19.1. The number of nitrogens with one attached hydrogen (secondary N) is 1. The van der Waals surface area contributed by atoms with Crippen LogP contribution in [-0.4, -0.2) is 36.0 Å². The fraction of sp³-hybridized carbons (Fsp3) is 0.375. The number of nitrogens with zero attached hydrogens (tertiary/aromatic N) is 1. The van der Waals surface area contributed by atoms with E-state index in [2.05, 4.69) is 10.3 Å². The van der Waals surface area contributed by atoms with E-state index in [0.717, 1.165) is 16.3 Å². The van der Waals surface area contributed by atoms with E-state index >= 15 is 0 Å². The number of aryl methyl sites for hydroxylation is 1. The van der Waals surface area contributed by atoms with Gasteiger partial charge in [0.15, 0.2) is 0 Å². The van der Waals surface area contributed by atoms with E-state index < -0.39 is 17.8 Å². The highest BCUT2D eigenvalue weighted by molar-refractivity contribution is 7.18. The normalized spacial score (nSPS) is 10.4. The second kappa shape index (κ2) is 8.21. The maximum atomic E-state index is 12.3. The Morgan fingerprint density at radius 2 is 1.76 bits per heavy atom. The number of rotatable bonds is 6. The zero-order valence-electron chi connectivity index (χ0n) is 14.3. The fourth-order valence-corrected chi connectivity index (χ4v) is 3.75. The molecule has 0 aromatic carbocycles. The summed E-state index contributed by atoms with van der Waals surface area (Å²) < 4.78 is 10.1. The number of esters is 2. The third-order valence-corrected chi connectivity index (χ3v) is 5.13. The number of hydrogen-bond donors (Lipinski definition) is 1. The van der Waals surface area contributed by atoms with Crippen LogP contribution in [0.4, 0.5) is 5.00 Å². The highest BCUT2D eigenvalue weighted by Gasteiger charge is 2.27. The lowest BCUT2D eigenvalue weighted by Gasteiger charge is -2.06. The van der Waals surface area contributed by atoms with Crippen molar-refractivity contribution in [3.63, 3.8) is 0 Å². The Morgan fingerprint density at radius 1 is 1.12 bits per heavy atom. The number of carbonyl (C=O) groups is 3. The predicted octanol–water partition coefficient (Wildman–Crippen LogP) is 3.43. The Kier molecular flexibility index (Phi) is 6.27. The van der Waals surface area contributed by atoms with Crippen molar-refractivity contribution in [3.8, 4) is 0 Å². The monoisotopic (exact) mass is 382 g/mol. The van der Waals surface area contributed by atoms with Gasteiger partial charge in [-0.05, 0) is 33.3 Å². The molecule has 0 unspecified atom stereocenters. The molecule has 0 aliphatic heterocycles. The summed E-state index contributed by atoms with van der Waals surface area (Å²) in [5.74, 6) is -1.59. The molecule has 134 valence electrons. The summed E-state index contributed by atoms with van der Waals surface area (Å²) in [7, 11) is 0.